The van der Waals surface area contributed by atoms with E-state index in [9.17, 15) is 4.79 Å². The second-order valence-electron chi connectivity index (χ2n) is 3.94. The normalized spacial score (nSPS) is 9.94. The number of hydrogen-bond acceptors (Lipinski definition) is 3. The monoisotopic (exact) mass is 240 g/mol. The molecule has 2 rings (SSSR count). The first-order valence-electron chi connectivity index (χ1n) is 5.46. The first-order valence-corrected chi connectivity index (χ1v) is 5.46. The van der Waals surface area contributed by atoms with Gasteiger partial charge in [-0.2, -0.15) is 10.4 Å². The van der Waals surface area contributed by atoms with E-state index in [0.29, 0.717) is 18.5 Å². The van der Waals surface area contributed by atoms with Crippen LogP contribution in [0.2, 0.25) is 0 Å². The van der Waals surface area contributed by atoms with Crippen LogP contribution >= 0.6 is 0 Å². The predicted molar refractivity (Wildman–Crippen MR) is 65.6 cm³/mol. The van der Waals surface area contributed by atoms with Gasteiger partial charge in [-0.05, 0) is 11.1 Å². The minimum atomic E-state index is -0.481. The molecule has 0 aliphatic carbocycles. The molecular weight excluding hydrogens is 228 g/mol. The number of carbonyl (C=O) groups excluding carboxylic acids is 1. The average molecular weight is 240 g/mol. The Morgan fingerprint density at radius 3 is 2.56 bits per heavy atom. The van der Waals surface area contributed by atoms with Gasteiger partial charge in [-0.1, -0.05) is 24.3 Å². The van der Waals surface area contributed by atoms with Gasteiger partial charge in [0.2, 0.25) is 0 Å². The molecule has 2 aromatic rings. The summed E-state index contributed by atoms with van der Waals surface area (Å²) in [6.07, 6.45) is 3.48. The minimum absolute atomic E-state index is 0.399. The Hall–Kier alpha value is -2.61. The van der Waals surface area contributed by atoms with Gasteiger partial charge in [-0.3, -0.25) is 9.48 Å². The number of nitriles is 1. The SMILES string of the molecule is N#CCc1ccc(Cn2cc(C(N)=O)cn2)cc1. The highest BCUT2D eigenvalue weighted by Gasteiger charge is 2.04. The molecule has 2 N–H and O–H groups in total. The number of carbonyl (C=O) groups is 1. The summed E-state index contributed by atoms with van der Waals surface area (Å²) < 4.78 is 1.65. The van der Waals surface area contributed by atoms with Crippen molar-refractivity contribution in [2.45, 2.75) is 13.0 Å². The van der Waals surface area contributed by atoms with Crippen molar-refractivity contribution in [3.8, 4) is 6.07 Å². The summed E-state index contributed by atoms with van der Waals surface area (Å²) in [5.74, 6) is -0.481. The van der Waals surface area contributed by atoms with E-state index in [1.54, 1.807) is 10.9 Å². The molecule has 0 fully saturated rings. The van der Waals surface area contributed by atoms with Gasteiger partial charge in [-0.25, -0.2) is 0 Å². The van der Waals surface area contributed by atoms with Gasteiger partial charge in [0.1, 0.15) is 0 Å². The molecule has 0 saturated heterocycles. The van der Waals surface area contributed by atoms with E-state index in [-0.39, 0.29) is 0 Å². The van der Waals surface area contributed by atoms with Crippen LogP contribution in [0.15, 0.2) is 36.7 Å². The Balaban J connectivity index is 2.08. The summed E-state index contributed by atoms with van der Waals surface area (Å²) in [5.41, 5.74) is 7.59. The number of hydrogen-bond donors (Lipinski definition) is 1. The molecule has 5 heteroatoms. The first-order chi connectivity index (χ1) is 8.69. The second kappa shape index (κ2) is 5.15. The molecule has 0 unspecified atom stereocenters. The topological polar surface area (TPSA) is 84.7 Å². The molecule has 18 heavy (non-hydrogen) atoms. The Morgan fingerprint density at radius 2 is 2.00 bits per heavy atom. The summed E-state index contributed by atoms with van der Waals surface area (Å²) in [6.45, 7) is 0.570. The molecule has 0 radical (unpaired) electrons. The van der Waals surface area contributed by atoms with Crippen LogP contribution in [-0.2, 0) is 13.0 Å². The molecule has 1 heterocycles. The molecule has 0 atom stereocenters. The second-order valence-corrected chi connectivity index (χ2v) is 3.94. The maximum atomic E-state index is 10.9. The van der Waals surface area contributed by atoms with E-state index in [0.717, 1.165) is 11.1 Å². The lowest BCUT2D eigenvalue weighted by molar-refractivity contribution is 0.1000. The summed E-state index contributed by atoms with van der Waals surface area (Å²) in [4.78, 5) is 10.9. The average Bonchev–Trinajstić information content (AvgIpc) is 2.81. The molecule has 90 valence electrons. The van der Waals surface area contributed by atoms with Crippen LogP contribution in [0.1, 0.15) is 21.5 Å². The number of benzene rings is 1. The Labute approximate surface area is 104 Å². The van der Waals surface area contributed by atoms with Gasteiger partial charge in [0.05, 0.1) is 30.8 Å². The molecule has 0 saturated carbocycles. The molecule has 0 spiro atoms. The zero-order chi connectivity index (χ0) is 13.0. The van der Waals surface area contributed by atoms with Crippen molar-refractivity contribution in [2.24, 2.45) is 5.73 Å². The fraction of sp³-hybridized carbons (Fsp3) is 0.154. The minimum Gasteiger partial charge on any atom is -0.366 e. The van der Waals surface area contributed by atoms with Crippen LogP contribution in [0.25, 0.3) is 0 Å². The van der Waals surface area contributed by atoms with Crippen LogP contribution in [0.4, 0.5) is 0 Å². The highest BCUT2D eigenvalue weighted by atomic mass is 16.1. The van der Waals surface area contributed by atoms with E-state index >= 15 is 0 Å². The molecular formula is C13H12N4O. The zero-order valence-corrected chi connectivity index (χ0v) is 9.71. The van der Waals surface area contributed by atoms with Crippen LogP contribution in [-0.4, -0.2) is 15.7 Å². The van der Waals surface area contributed by atoms with Crippen molar-refractivity contribution in [1.82, 2.24) is 9.78 Å². The Bertz CT molecular complexity index is 592. The van der Waals surface area contributed by atoms with Gasteiger partial charge < -0.3 is 5.73 Å². The number of primary amides is 1. The Kier molecular flexibility index (Phi) is 3.39. The third-order valence-electron chi connectivity index (χ3n) is 2.57. The molecule has 5 nitrogen and oxygen atoms in total. The highest BCUT2D eigenvalue weighted by molar-refractivity contribution is 5.92. The van der Waals surface area contributed by atoms with E-state index in [1.807, 2.05) is 24.3 Å². The van der Waals surface area contributed by atoms with Crippen LogP contribution in [0, 0.1) is 11.3 Å². The number of rotatable bonds is 4. The Morgan fingerprint density at radius 1 is 1.33 bits per heavy atom. The van der Waals surface area contributed by atoms with Crippen molar-refractivity contribution in [3.05, 3.63) is 53.3 Å². The third kappa shape index (κ3) is 2.74. The van der Waals surface area contributed by atoms with Gasteiger partial charge in [-0.15, -0.1) is 0 Å². The summed E-state index contributed by atoms with van der Waals surface area (Å²) >= 11 is 0. The van der Waals surface area contributed by atoms with E-state index in [1.165, 1.54) is 6.20 Å². The van der Waals surface area contributed by atoms with Crippen LogP contribution in [0.5, 0.6) is 0 Å². The molecule has 0 aliphatic rings. The fourth-order valence-corrected chi connectivity index (χ4v) is 1.62. The maximum Gasteiger partial charge on any atom is 0.251 e. The van der Waals surface area contributed by atoms with Crippen molar-refractivity contribution in [1.29, 1.82) is 5.26 Å². The van der Waals surface area contributed by atoms with Crippen molar-refractivity contribution >= 4 is 5.91 Å². The lowest BCUT2D eigenvalue weighted by atomic mass is 10.1. The van der Waals surface area contributed by atoms with Crippen LogP contribution < -0.4 is 5.73 Å². The van der Waals surface area contributed by atoms with Crippen molar-refractivity contribution < 1.29 is 4.79 Å². The lowest BCUT2D eigenvalue weighted by Gasteiger charge is -2.02. The molecule has 1 aromatic heterocycles. The number of amides is 1. The number of aromatic nitrogens is 2. The van der Waals surface area contributed by atoms with Crippen LogP contribution in [0.3, 0.4) is 0 Å². The van der Waals surface area contributed by atoms with E-state index < -0.39 is 5.91 Å². The van der Waals surface area contributed by atoms with Gasteiger partial charge in [0.25, 0.3) is 5.91 Å². The molecule has 1 aromatic carbocycles. The highest BCUT2D eigenvalue weighted by Crippen LogP contribution is 2.07. The molecule has 0 aliphatic heterocycles. The predicted octanol–water partition coefficient (Wildman–Crippen LogP) is 1.10. The first kappa shape index (κ1) is 11.9. The fourth-order valence-electron chi connectivity index (χ4n) is 1.62. The quantitative estimate of drug-likeness (QED) is 0.868. The third-order valence-corrected chi connectivity index (χ3v) is 2.57. The van der Waals surface area contributed by atoms with Gasteiger partial charge in [0, 0.05) is 6.20 Å². The zero-order valence-electron chi connectivity index (χ0n) is 9.71. The summed E-state index contributed by atoms with van der Waals surface area (Å²) in [7, 11) is 0. The molecule has 1 amide bonds. The summed E-state index contributed by atoms with van der Waals surface area (Å²) in [5, 5.41) is 12.6. The van der Waals surface area contributed by atoms with Gasteiger partial charge >= 0.3 is 0 Å². The molecule has 0 bridgehead atoms. The van der Waals surface area contributed by atoms with E-state index in [4.69, 9.17) is 11.0 Å². The van der Waals surface area contributed by atoms with E-state index in [2.05, 4.69) is 11.2 Å². The largest absolute Gasteiger partial charge is 0.366 e. The number of nitrogens with zero attached hydrogens (tertiary/aromatic N) is 3. The number of nitrogens with two attached hydrogens (primary N) is 1. The summed E-state index contributed by atoms with van der Waals surface area (Å²) in [6, 6.07) is 9.81. The lowest BCUT2D eigenvalue weighted by Crippen LogP contribution is -2.09. The standard InChI is InChI=1S/C13H12N4O/c14-6-5-10-1-3-11(4-2-10)8-17-9-12(7-16-17)13(15)18/h1-4,7,9H,5,8H2,(H2,15,18). The van der Waals surface area contributed by atoms with Crippen molar-refractivity contribution in [3.63, 3.8) is 0 Å². The smallest absolute Gasteiger partial charge is 0.251 e. The maximum absolute atomic E-state index is 10.9. The van der Waals surface area contributed by atoms with Gasteiger partial charge in [0.15, 0.2) is 0 Å². The van der Waals surface area contributed by atoms with Crippen molar-refractivity contribution in [2.75, 3.05) is 0 Å².